The summed E-state index contributed by atoms with van der Waals surface area (Å²) >= 11 is 0. The van der Waals surface area contributed by atoms with Gasteiger partial charge in [0.2, 0.25) is 5.91 Å². The van der Waals surface area contributed by atoms with E-state index in [0.29, 0.717) is 6.61 Å². The zero-order valence-corrected chi connectivity index (χ0v) is 7.45. The van der Waals surface area contributed by atoms with Crippen LogP contribution in [0.4, 0.5) is 0 Å². The number of carbonyl (C=O) groups is 1. The Hall–Kier alpha value is -0.830. The van der Waals surface area contributed by atoms with Crippen LogP contribution in [-0.2, 0) is 9.53 Å². The molecule has 3 nitrogen and oxygen atoms in total. The van der Waals surface area contributed by atoms with E-state index in [9.17, 15) is 4.79 Å². The van der Waals surface area contributed by atoms with Gasteiger partial charge in [-0.1, -0.05) is 6.58 Å². The van der Waals surface area contributed by atoms with Gasteiger partial charge in [0, 0.05) is 13.7 Å². The summed E-state index contributed by atoms with van der Waals surface area (Å²) in [6.07, 6.45) is 3.50. The van der Waals surface area contributed by atoms with Crippen LogP contribution >= 0.6 is 0 Å². The lowest BCUT2D eigenvalue weighted by molar-refractivity contribution is -0.127. The molecule has 0 N–H and O–H groups in total. The van der Waals surface area contributed by atoms with Crippen molar-refractivity contribution in [3.8, 4) is 0 Å². The van der Waals surface area contributed by atoms with Crippen molar-refractivity contribution in [2.24, 2.45) is 0 Å². The molecule has 0 radical (unpaired) electrons. The van der Waals surface area contributed by atoms with E-state index in [1.54, 1.807) is 7.11 Å². The zero-order chi connectivity index (χ0) is 8.97. The lowest BCUT2D eigenvalue weighted by Gasteiger charge is -2.22. The lowest BCUT2D eigenvalue weighted by Crippen LogP contribution is -2.36. The molecule has 12 heavy (non-hydrogen) atoms. The van der Waals surface area contributed by atoms with Crippen molar-refractivity contribution >= 4 is 5.91 Å². The van der Waals surface area contributed by atoms with Crippen molar-refractivity contribution in [2.45, 2.75) is 18.9 Å². The van der Waals surface area contributed by atoms with Crippen LogP contribution in [0.25, 0.3) is 0 Å². The van der Waals surface area contributed by atoms with Crippen molar-refractivity contribution < 1.29 is 9.53 Å². The second kappa shape index (κ2) is 4.26. The summed E-state index contributed by atoms with van der Waals surface area (Å²) in [7, 11) is 1.66. The number of nitrogens with zero attached hydrogens (tertiary/aromatic N) is 1. The van der Waals surface area contributed by atoms with E-state index in [0.717, 1.165) is 19.4 Å². The molecule has 0 aromatic rings. The van der Waals surface area contributed by atoms with Gasteiger partial charge in [0.15, 0.2) is 0 Å². The van der Waals surface area contributed by atoms with Gasteiger partial charge in [-0.2, -0.15) is 0 Å². The maximum atomic E-state index is 11.3. The number of carbonyl (C=O) groups excluding carboxylic acids is 1. The fourth-order valence-corrected chi connectivity index (χ4v) is 1.61. The molecule has 68 valence electrons. The van der Waals surface area contributed by atoms with Crippen LogP contribution in [0.1, 0.15) is 12.8 Å². The number of ether oxygens (including phenoxy) is 1. The molecule has 1 amide bonds. The van der Waals surface area contributed by atoms with E-state index >= 15 is 0 Å². The Morgan fingerprint density at radius 3 is 3.17 bits per heavy atom. The van der Waals surface area contributed by atoms with Crippen molar-refractivity contribution in [1.82, 2.24) is 4.90 Å². The maximum absolute atomic E-state index is 11.3. The predicted molar refractivity (Wildman–Crippen MR) is 46.8 cm³/mol. The Morgan fingerprint density at radius 2 is 2.58 bits per heavy atom. The number of likely N-dealkylation sites (tertiary alicyclic amines) is 1. The summed E-state index contributed by atoms with van der Waals surface area (Å²) in [6.45, 7) is 4.95. The quantitative estimate of drug-likeness (QED) is 0.585. The van der Waals surface area contributed by atoms with E-state index in [4.69, 9.17) is 4.74 Å². The van der Waals surface area contributed by atoms with Gasteiger partial charge in [0.05, 0.1) is 12.6 Å². The van der Waals surface area contributed by atoms with Crippen molar-refractivity contribution in [1.29, 1.82) is 0 Å². The molecular weight excluding hydrogens is 154 g/mol. The molecule has 3 heteroatoms. The highest BCUT2D eigenvalue weighted by Gasteiger charge is 2.26. The van der Waals surface area contributed by atoms with E-state index in [1.165, 1.54) is 6.08 Å². The first kappa shape index (κ1) is 9.26. The molecule has 0 aromatic carbocycles. The Kier molecular flexibility index (Phi) is 3.29. The minimum absolute atomic E-state index is 0.0227. The first-order valence-corrected chi connectivity index (χ1v) is 4.21. The van der Waals surface area contributed by atoms with Gasteiger partial charge in [0.1, 0.15) is 0 Å². The first-order chi connectivity index (χ1) is 5.79. The summed E-state index contributed by atoms with van der Waals surface area (Å²) < 4.78 is 5.02. The third kappa shape index (κ3) is 1.85. The lowest BCUT2D eigenvalue weighted by atomic mass is 10.2. The van der Waals surface area contributed by atoms with Crippen LogP contribution in [-0.4, -0.2) is 37.1 Å². The molecule has 0 aromatic heterocycles. The molecule has 1 heterocycles. The van der Waals surface area contributed by atoms with Gasteiger partial charge in [-0.15, -0.1) is 0 Å². The van der Waals surface area contributed by atoms with Crippen LogP contribution in [0.2, 0.25) is 0 Å². The van der Waals surface area contributed by atoms with Crippen LogP contribution in [0.3, 0.4) is 0 Å². The van der Waals surface area contributed by atoms with E-state index < -0.39 is 0 Å². The summed E-state index contributed by atoms with van der Waals surface area (Å²) in [6, 6.07) is 0.264. The Bertz CT molecular complexity index is 179. The van der Waals surface area contributed by atoms with Gasteiger partial charge in [0.25, 0.3) is 0 Å². The molecule has 1 aliphatic rings. The summed E-state index contributed by atoms with van der Waals surface area (Å²) in [4.78, 5) is 13.1. The molecule has 0 spiro atoms. The summed E-state index contributed by atoms with van der Waals surface area (Å²) in [5, 5.41) is 0. The highest BCUT2D eigenvalue weighted by atomic mass is 16.5. The second-order valence-electron chi connectivity index (χ2n) is 2.99. The average molecular weight is 169 g/mol. The minimum atomic E-state index is 0.0227. The van der Waals surface area contributed by atoms with Gasteiger partial charge in [-0.25, -0.2) is 0 Å². The number of rotatable bonds is 3. The monoisotopic (exact) mass is 169 g/mol. The topological polar surface area (TPSA) is 29.5 Å². The van der Waals surface area contributed by atoms with E-state index in [-0.39, 0.29) is 11.9 Å². The molecule has 0 bridgehead atoms. The van der Waals surface area contributed by atoms with Crippen molar-refractivity contribution in [2.75, 3.05) is 20.3 Å². The fraction of sp³-hybridized carbons (Fsp3) is 0.667. The largest absolute Gasteiger partial charge is 0.383 e. The van der Waals surface area contributed by atoms with E-state index in [1.807, 2.05) is 4.90 Å². The Labute approximate surface area is 73.0 Å². The fourth-order valence-electron chi connectivity index (χ4n) is 1.61. The number of hydrogen-bond donors (Lipinski definition) is 0. The molecule has 0 unspecified atom stereocenters. The standard InChI is InChI=1S/C9H15NO2/c1-3-9(11)10-6-4-5-8(10)7-12-2/h3,8H,1,4-7H2,2H3/t8-/m1/s1. The van der Waals surface area contributed by atoms with Gasteiger partial charge in [-0.3, -0.25) is 4.79 Å². The third-order valence-electron chi connectivity index (χ3n) is 2.19. The average Bonchev–Trinajstić information content (AvgIpc) is 2.52. The van der Waals surface area contributed by atoms with Gasteiger partial charge in [-0.05, 0) is 18.9 Å². The molecule has 0 aliphatic carbocycles. The molecule has 1 aliphatic heterocycles. The molecule has 1 atom stereocenters. The zero-order valence-electron chi connectivity index (χ0n) is 7.45. The maximum Gasteiger partial charge on any atom is 0.246 e. The number of methoxy groups -OCH3 is 1. The molecule has 1 saturated heterocycles. The van der Waals surface area contributed by atoms with Crippen LogP contribution in [0, 0.1) is 0 Å². The minimum Gasteiger partial charge on any atom is -0.383 e. The SMILES string of the molecule is C=CC(=O)N1CCC[C@@H]1COC. The van der Waals surface area contributed by atoms with Crippen LogP contribution < -0.4 is 0 Å². The van der Waals surface area contributed by atoms with E-state index in [2.05, 4.69) is 6.58 Å². The molecule has 1 fully saturated rings. The van der Waals surface area contributed by atoms with Gasteiger partial charge < -0.3 is 9.64 Å². The third-order valence-corrected chi connectivity index (χ3v) is 2.19. The second-order valence-corrected chi connectivity index (χ2v) is 2.99. The number of hydrogen-bond acceptors (Lipinski definition) is 2. The van der Waals surface area contributed by atoms with Crippen LogP contribution in [0.5, 0.6) is 0 Å². The number of amides is 1. The predicted octanol–water partition coefficient (Wildman–Crippen LogP) is 0.810. The first-order valence-electron chi connectivity index (χ1n) is 4.21. The normalized spacial score (nSPS) is 22.8. The molecular formula is C9H15NO2. The Balaban J connectivity index is 2.51. The van der Waals surface area contributed by atoms with Crippen LogP contribution in [0.15, 0.2) is 12.7 Å². The molecule has 0 saturated carbocycles. The smallest absolute Gasteiger partial charge is 0.246 e. The summed E-state index contributed by atoms with van der Waals surface area (Å²) in [5.41, 5.74) is 0. The van der Waals surface area contributed by atoms with Crippen molar-refractivity contribution in [3.05, 3.63) is 12.7 Å². The van der Waals surface area contributed by atoms with Crippen molar-refractivity contribution in [3.63, 3.8) is 0 Å². The molecule has 1 rings (SSSR count). The highest BCUT2D eigenvalue weighted by molar-refractivity contribution is 5.87. The summed E-state index contributed by atoms with van der Waals surface area (Å²) in [5.74, 6) is 0.0227. The van der Waals surface area contributed by atoms with Gasteiger partial charge >= 0.3 is 0 Å². The Morgan fingerprint density at radius 1 is 1.83 bits per heavy atom. The highest BCUT2D eigenvalue weighted by Crippen LogP contribution is 2.17.